The summed E-state index contributed by atoms with van der Waals surface area (Å²) in [5.74, 6) is -0.122. The Hall–Kier alpha value is -3.41. The lowest BCUT2D eigenvalue weighted by Gasteiger charge is -2.35. The SMILES string of the molecule is O=C(c1cnc2c(c1)c(=O)[nH]c(=O)n2C1CC1)N1CCN(c2ncc(C(F)(F)F)cc2Cl)CC1. The summed E-state index contributed by atoms with van der Waals surface area (Å²) in [7, 11) is 0. The van der Waals surface area contributed by atoms with E-state index in [1.54, 1.807) is 9.80 Å². The molecule has 0 bridgehead atoms. The Morgan fingerprint density at radius 2 is 1.76 bits per heavy atom. The van der Waals surface area contributed by atoms with Crippen LogP contribution in [0.2, 0.25) is 5.02 Å². The zero-order valence-corrected chi connectivity index (χ0v) is 18.4. The van der Waals surface area contributed by atoms with E-state index in [1.807, 2.05) is 0 Å². The van der Waals surface area contributed by atoms with Crippen LogP contribution in [-0.4, -0.2) is 56.5 Å². The first-order valence-electron chi connectivity index (χ1n) is 10.5. The van der Waals surface area contributed by atoms with Crippen molar-refractivity contribution in [3.8, 4) is 0 Å². The smallest absolute Gasteiger partial charge is 0.352 e. The van der Waals surface area contributed by atoms with Gasteiger partial charge in [-0.1, -0.05) is 11.6 Å². The number of halogens is 4. The number of hydrogen-bond acceptors (Lipinski definition) is 6. The first-order valence-corrected chi connectivity index (χ1v) is 10.9. The second-order valence-electron chi connectivity index (χ2n) is 8.26. The number of H-pyrrole nitrogens is 1. The van der Waals surface area contributed by atoms with E-state index in [2.05, 4.69) is 15.0 Å². The van der Waals surface area contributed by atoms with Crippen LogP contribution in [0.4, 0.5) is 19.0 Å². The molecule has 1 aliphatic carbocycles. The third-order valence-corrected chi connectivity index (χ3v) is 6.23. The molecular formula is C21H18ClF3N6O3. The van der Waals surface area contributed by atoms with Crippen molar-refractivity contribution in [1.82, 2.24) is 24.4 Å². The fourth-order valence-electron chi connectivity index (χ4n) is 4.05. The topological polar surface area (TPSA) is 104 Å². The van der Waals surface area contributed by atoms with Gasteiger partial charge in [-0.2, -0.15) is 13.2 Å². The minimum absolute atomic E-state index is 0.000361. The van der Waals surface area contributed by atoms with Crippen LogP contribution < -0.4 is 16.1 Å². The lowest BCUT2D eigenvalue weighted by Crippen LogP contribution is -2.49. The molecule has 1 saturated heterocycles. The summed E-state index contributed by atoms with van der Waals surface area (Å²) in [4.78, 5) is 51.2. The molecule has 3 aromatic rings. The monoisotopic (exact) mass is 494 g/mol. The number of carbonyl (C=O) groups is 1. The zero-order chi connectivity index (χ0) is 24.2. The number of rotatable bonds is 3. The molecule has 5 rings (SSSR count). The Labute approximate surface area is 194 Å². The fourth-order valence-corrected chi connectivity index (χ4v) is 4.33. The van der Waals surface area contributed by atoms with E-state index < -0.39 is 23.0 Å². The molecule has 0 spiro atoms. The minimum Gasteiger partial charge on any atom is -0.352 e. The van der Waals surface area contributed by atoms with Gasteiger partial charge in [0.1, 0.15) is 11.5 Å². The number of aromatic amines is 1. The van der Waals surface area contributed by atoms with Crippen LogP contribution >= 0.6 is 11.6 Å². The van der Waals surface area contributed by atoms with Crippen molar-refractivity contribution in [3.05, 3.63) is 61.5 Å². The maximum Gasteiger partial charge on any atom is 0.417 e. The van der Waals surface area contributed by atoms with E-state index in [9.17, 15) is 27.6 Å². The summed E-state index contributed by atoms with van der Waals surface area (Å²) in [5.41, 5.74) is -1.59. The molecule has 0 unspecified atom stereocenters. The predicted molar refractivity (Wildman–Crippen MR) is 117 cm³/mol. The molecule has 1 aliphatic heterocycles. The maximum absolute atomic E-state index is 13.0. The Bertz CT molecular complexity index is 1410. The number of aromatic nitrogens is 4. The number of pyridine rings is 2. The first kappa shape index (κ1) is 22.4. The van der Waals surface area contributed by atoms with Crippen molar-refractivity contribution in [2.75, 3.05) is 31.1 Å². The summed E-state index contributed by atoms with van der Waals surface area (Å²) in [6, 6.07) is 2.27. The van der Waals surface area contributed by atoms with Gasteiger partial charge in [0.2, 0.25) is 0 Å². The van der Waals surface area contributed by atoms with Crippen molar-refractivity contribution in [2.24, 2.45) is 0 Å². The molecule has 34 heavy (non-hydrogen) atoms. The summed E-state index contributed by atoms with van der Waals surface area (Å²) >= 11 is 6.03. The quantitative estimate of drug-likeness (QED) is 0.600. The molecule has 13 heteroatoms. The highest BCUT2D eigenvalue weighted by atomic mass is 35.5. The molecule has 0 aromatic carbocycles. The number of piperazine rings is 1. The van der Waals surface area contributed by atoms with E-state index in [4.69, 9.17) is 11.6 Å². The van der Waals surface area contributed by atoms with Gasteiger partial charge < -0.3 is 9.80 Å². The molecule has 4 heterocycles. The van der Waals surface area contributed by atoms with Gasteiger partial charge in [-0.05, 0) is 25.0 Å². The Kier molecular flexibility index (Phi) is 5.34. The maximum atomic E-state index is 13.0. The van der Waals surface area contributed by atoms with Gasteiger partial charge in [-0.15, -0.1) is 0 Å². The van der Waals surface area contributed by atoms with Crippen LogP contribution in [0, 0.1) is 0 Å². The van der Waals surface area contributed by atoms with Crippen LogP contribution in [0.5, 0.6) is 0 Å². The van der Waals surface area contributed by atoms with Crippen molar-refractivity contribution in [3.63, 3.8) is 0 Å². The number of nitrogens with zero attached hydrogens (tertiary/aromatic N) is 5. The molecule has 2 fully saturated rings. The molecule has 0 atom stereocenters. The first-order chi connectivity index (χ1) is 16.1. The largest absolute Gasteiger partial charge is 0.417 e. The second-order valence-corrected chi connectivity index (χ2v) is 8.67. The molecule has 9 nitrogen and oxygen atoms in total. The van der Waals surface area contributed by atoms with E-state index in [0.717, 1.165) is 25.1 Å². The van der Waals surface area contributed by atoms with Gasteiger partial charge in [0.05, 0.1) is 21.5 Å². The van der Waals surface area contributed by atoms with Crippen LogP contribution in [-0.2, 0) is 6.18 Å². The van der Waals surface area contributed by atoms with Gasteiger partial charge in [0.15, 0.2) is 0 Å². The van der Waals surface area contributed by atoms with Gasteiger partial charge in [0, 0.05) is 44.6 Å². The molecule has 1 N–H and O–H groups in total. The van der Waals surface area contributed by atoms with E-state index in [0.29, 0.717) is 13.1 Å². The molecule has 3 aromatic heterocycles. The summed E-state index contributed by atoms with van der Waals surface area (Å²) in [6.45, 7) is 1.17. The number of nitrogens with one attached hydrogen (secondary N) is 1. The van der Waals surface area contributed by atoms with Gasteiger partial charge >= 0.3 is 11.9 Å². The van der Waals surface area contributed by atoms with E-state index in [1.165, 1.54) is 16.8 Å². The number of alkyl halides is 3. The predicted octanol–water partition coefficient (Wildman–Crippen LogP) is 2.45. The Balaban J connectivity index is 1.33. The fraction of sp³-hybridized carbons (Fsp3) is 0.381. The number of anilines is 1. The highest BCUT2D eigenvalue weighted by molar-refractivity contribution is 6.33. The van der Waals surface area contributed by atoms with E-state index in [-0.39, 0.29) is 52.5 Å². The zero-order valence-electron chi connectivity index (χ0n) is 17.6. The van der Waals surface area contributed by atoms with Crippen LogP contribution in [0.25, 0.3) is 11.0 Å². The van der Waals surface area contributed by atoms with Crippen LogP contribution in [0.1, 0.15) is 34.8 Å². The molecular weight excluding hydrogens is 477 g/mol. The van der Waals surface area contributed by atoms with Crippen molar-refractivity contribution >= 4 is 34.4 Å². The van der Waals surface area contributed by atoms with Crippen molar-refractivity contribution < 1.29 is 18.0 Å². The number of amides is 1. The molecule has 1 saturated carbocycles. The third-order valence-electron chi connectivity index (χ3n) is 5.95. The summed E-state index contributed by atoms with van der Waals surface area (Å²) in [5, 5.41) is 0.0472. The van der Waals surface area contributed by atoms with Crippen molar-refractivity contribution in [2.45, 2.75) is 25.1 Å². The van der Waals surface area contributed by atoms with Gasteiger partial charge in [0.25, 0.3) is 11.5 Å². The lowest BCUT2D eigenvalue weighted by atomic mass is 10.2. The highest BCUT2D eigenvalue weighted by Gasteiger charge is 2.33. The molecule has 178 valence electrons. The van der Waals surface area contributed by atoms with Crippen molar-refractivity contribution in [1.29, 1.82) is 0 Å². The molecule has 0 radical (unpaired) electrons. The Morgan fingerprint density at radius 3 is 2.38 bits per heavy atom. The molecule has 2 aliphatic rings. The number of carbonyl (C=O) groups excluding carboxylic acids is 1. The van der Waals surface area contributed by atoms with Crippen LogP contribution in [0.15, 0.2) is 34.1 Å². The van der Waals surface area contributed by atoms with Crippen LogP contribution in [0.3, 0.4) is 0 Å². The third kappa shape index (κ3) is 4.02. The minimum atomic E-state index is -4.54. The van der Waals surface area contributed by atoms with Gasteiger partial charge in [-0.3, -0.25) is 19.1 Å². The molecule has 1 amide bonds. The van der Waals surface area contributed by atoms with Gasteiger partial charge in [-0.25, -0.2) is 14.8 Å². The van der Waals surface area contributed by atoms with E-state index >= 15 is 0 Å². The Morgan fingerprint density at radius 1 is 1.06 bits per heavy atom. The normalized spacial score (nSPS) is 16.8. The average Bonchev–Trinajstić information content (AvgIpc) is 3.63. The number of hydrogen-bond donors (Lipinski definition) is 1. The standard InChI is InChI=1S/C21H18ClF3N6O3/c22-15-8-12(21(23,24)25)10-27-17(15)29-3-5-30(6-4-29)19(33)11-7-14-16(26-9-11)31(13-1-2-13)20(34)28-18(14)32/h7-10,13H,1-6H2,(H,28,32,34). The average molecular weight is 495 g/mol. The highest BCUT2D eigenvalue weighted by Crippen LogP contribution is 2.35. The second kappa shape index (κ2) is 8.12. The summed E-state index contributed by atoms with van der Waals surface area (Å²) < 4.78 is 40.0. The number of fused-ring (bicyclic) bond motifs is 1. The lowest BCUT2D eigenvalue weighted by molar-refractivity contribution is -0.137. The summed E-state index contributed by atoms with van der Waals surface area (Å²) in [6.07, 6.45) is -0.804.